The second kappa shape index (κ2) is 6.27. The SMILES string of the molecule is CC(C)N(Cc1cccnc1)C(=O)C1=NNC(=O)CC1. The monoisotopic (exact) mass is 274 g/mol. The van der Waals surface area contributed by atoms with E-state index in [2.05, 4.69) is 15.5 Å². The molecule has 6 heteroatoms. The summed E-state index contributed by atoms with van der Waals surface area (Å²) >= 11 is 0. The Hall–Kier alpha value is -2.24. The van der Waals surface area contributed by atoms with Crippen LogP contribution in [0, 0.1) is 0 Å². The molecule has 2 rings (SSSR count). The summed E-state index contributed by atoms with van der Waals surface area (Å²) in [6, 6.07) is 3.82. The lowest BCUT2D eigenvalue weighted by Crippen LogP contribution is -2.43. The fraction of sp³-hybridized carbons (Fsp3) is 0.429. The van der Waals surface area contributed by atoms with Crippen LogP contribution in [0.4, 0.5) is 0 Å². The first kappa shape index (κ1) is 14.2. The van der Waals surface area contributed by atoms with Gasteiger partial charge in [-0.1, -0.05) is 6.07 Å². The van der Waals surface area contributed by atoms with E-state index < -0.39 is 0 Å². The normalized spacial score (nSPS) is 14.8. The van der Waals surface area contributed by atoms with E-state index in [0.717, 1.165) is 5.56 Å². The van der Waals surface area contributed by atoms with Gasteiger partial charge < -0.3 is 4.90 Å². The molecule has 0 unspecified atom stereocenters. The molecule has 106 valence electrons. The number of amides is 2. The van der Waals surface area contributed by atoms with Crippen molar-refractivity contribution in [3.63, 3.8) is 0 Å². The largest absolute Gasteiger partial charge is 0.331 e. The highest BCUT2D eigenvalue weighted by molar-refractivity contribution is 6.39. The lowest BCUT2D eigenvalue weighted by molar-refractivity contribution is -0.126. The van der Waals surface area contributed by atoms with Crippen molar-refractivity contribution in [2.24, 2.45) is 5.10 Å². The van der Waals surface area contributed by atoms with Gasteiger partial charge in [0.05, 0.1) is 0 Å². The van der Waals surface area contributed by atoms with Crippen molar-refractivity contribution in [1.82, 2.24) is 15.3 Å². The molecule has 6 nitrogen and oxygen atoms in total. The summed E-state index contributed by atoms with van der Waals surface area (Å²) < 4.78 is 0. The highest BCUT2D eigenvalue weighted by Gasteiger charge is 2.25. The first-order valence-electron chi connectivity index (χ1n) is 6.63. The van der Waals surface area contributed by atoms with Crippen molar-refractivity contribution < 1.29 is 9.59 Å². The first-order valence-corrected chi connectivity index (χ1v) is 6.63. The Bertz CT molecular complexity index is 525. The number of nitrogens with zero attached hydrogens (tertiary/aromatic N) is 3. The molecule has 2 heterocycles. The Morgan fingerprint density at radius 1 is 1.45 bits per heavy atom. The van der Waals surface area contributed by atoms with Gasteiger partial charge in [-0.15, -0.1) is 0 Å². The predicted molar refractivity (Wildman–Crippen MR) is 74.7 cm³/mol. The van der Waals surface area contributed by atoms with Crippen LogP contribution >= 0.6 is 0 Å². The number of hydrogen-bond donors (Lipinski definition) is 1. The zero-order valence-electron chi connectivity index (χ0n) is 11.7. The fourth-order valence-electron chi connectivity index (χ4n) is 1.97. The Balaban J connectivity index is 2.12. The number of rotatable bonds is 4. The van der Waals surface area contributed by atoms with Gasteiger partial charge in [-0.2, -0.15) is 5.10 Å². The lowest BCUT2D eigenvalue weighted by atomic mass is 10.1. The van der Waals surface area contributed by atoms with Gasteiger partial charge in [-0.25, -0.2) is 5.43 Å². The Morgan fingerprint density at radius 3 is 2.80 bits per heavy atom. The van der Waals surface area contributed by atoms with Crippen LogP contribution in [-0.4, -0.2) is 33.5 Å². The standard InChI is InChI=1S/C14H18N4O2/c1-10(2)18(9-11-4-3-7-15-8-11)14(20)12-5-6-13(19)17-16-12/h3-4,7-8,10H,5-6,9H2,1-2H3,(H,17,19). The van der Waals surface area contributed by atoms with E-state index in [1.165, 1.54) is 0 Å². The van der Waals surface area contributed by atoms with Gasteiger partial charge in [0.15, 0.2) is 0 Å². The molecule has 0 atom stereocenters. The van der Waals surface area contributed by atoms with E-state index >= 15 is 0 Å². The minimum Gasteiger partial charge on any atom is -0.331 e. The van der Waals surface area contributed by atoms with E-state index in [0.29, 0.717) is 25.1 Å². The third-order valence-electron chi connectivity index (χ3n) is 3.11. The van der Waals surface area contributed by atoms with Gasteiger partial charge in [-0.3, -0.25) is 14.6 Å². The van der Waals surface area contributed by atoms with Gasteiger partial charge in [0.2, 0.25) is 5.91 Å². The van der Waals surface area contributed by atoms with Crippen LogP contribution in [0.3, 0.4) is 0 Å². The lowest BCUT2D eigenvalue weighted by Gasteiger charge is -2.28. The molecule has 1 aromatic heterocycles. The van der Waals surface area contributed by atoms with Crippen LogP contribution in [0.25, 0.3) is 0 Å². The highest BCUT2D eigenvalue weighted by Crippen LogP contribution is 2.11. The van der Waals surface area contributed by atoms with Crippen LogP contribution in [0.2, 0.25) is 0 Å². The van der Waals surface area contributed by atoms with Crippen molar-refractivity contribution in [2.45, 2.75) is 39.3 Å². The van der Waals surface area contributed by atoms with Crippen molar-refractivity contribution in [1.29, 1.82) is 0 Å². The summed E-state index contributed by atoms with van der Waals surface area (Å²) in [6.07, 6.45) is 4.14. The maximum Gasteiger partial charge on any atom is 0.270 e. The smallest absolute Gasteiger partial charge is 0.270 e. The minimum atomic E-state index is -0.148. The van der Waals surface area contributed by atoms with Crippen LogP contribution in [0.1, 0.15) is 32.3 Å². The number of pyridine rings is 1. The van der Waals surface area contributed by atoms with E-state index in [9.17, 15) is 9.59 Å². The predicted octanol–water partition coefficient (Wildman–Crippen LogP) is 1.08. The Kier molecular flexibility index (Phi) is 4.45. The summed E-state index contributed by atoms with van der Waals surface area (Å²) in [5, 5.41) is 3.87. The van der Waals surface area contributed by atoms with Crippen molar-refractivity contribution >= 4 is 17.5 Å². The van der Waals surface area contributed by atoms with E-state index in [4.69, 9.17) is 0 Å². The second-order valence-corrected chi connectivity index (χ2v) is 4.98. The van der Waals surface area contributed by atoms with Crippen molar-refractivity contribution in [3.8, 4) is 0 Å². The second-order valence-electron chi connectivity index (χ2n) is 4.98. The molecule has 1 aliphatic heterocycles. The number of hydrogen-bond acceptors (Lipinski definition) is 4. The molecule has 2 amide bonds. The zero-order valence-corrected chi connectivity index (χ0v) is 11.7. The molecule has 0 saturated heterocycles. The maximum atomic E-state index is 12.5. The summed E-state index contributed by atoms with van der Waals surface area (Å²) in [6.45, 7) is 4.39. The fourth-order valence-corrected chi connectivity index (χ4v) is 1.97. The number of carbonyl (C=O) groups excluding carboxylic acids is 2. The van der Waals surface area contributed by atoms with E-state index in [1.807, 2.05) is 26.0 Å². The third-order valence-corrected chi connectivity index (χ3v) is 3.11. The third kappa shape index (κ3) is 3.40. The Labute approximate surface area is 117 Å². The number of aromatic nitrogens is 1. The molecule has 1 N–H and O–H groups in total. The molecule has 1 aliphatic rings. The van der Waals surface area contributed by atoms with Gasteiger partial charge in [0.25, 0.3) is 5.91 Å². The molecule has 0 saturated carbocycles. The van der Waals surface area contributed by atoms with E-state index in [-0.39, 0.29) is 17.9 Å². The number of carbonyl (C=O) groups is 2. The average Bonchev–Trinajstić information content (AvgIpc) is 2.45. The molecule has 0 spiro atoms. The molecule has 0 aromatic carbocycles. The van der Waals surface area contributed by atoms with Crippen LogP contribution < -0.4 is 5.43 Å². The molecule has 0 aliphatic carbocycles. The maximum absolute atomic E-state index is 12.5. The molecule has 0 radical (unpaired) electrons. The summed E-state index contributed by atoms with van der Waals surface area (Å²) in [5.41, 5.74) is 3.73. The highest BCUT2D eigenvalue weighted by atomic mass is 16.2. The molecular weight excluding hydrogens is 256 g/mol. The van der Waals surface area contributed by atoms with Crippen molar-refractivity contribution in [3.05, 3.63) is 30.1 Å². The van der Waals surface area contributed by atoms with Gasteiger partial charge in [0, 0.05) is 37.8 Å². The quantitative estimate of drug-likeness (QED) is 0.893. The number of nitrogens with one attached hydrogen (secondary N) is 1. The zero-order chi connectivity index (χ0) is 14.5. The van der Waals surface area contributed by atoms with Crippen LogP contribution in [0.5, 0.6) is 0 Å². The molecule has 1 aromatic rings. The molecule has 0 bridgehead atoms. The van der Waals surface area contributed by atoms with Crippen LogP contribution in [-0.2, 0) is 16.1 Å². The average molecular weight is 274 g/mol. The van der Waals surface area contributed by atoms with E-state index in [1.54, 1.807) is 17.3 Å². The van der Waals surface area contributed by atoms with Gasteiger partial charge in [0.1, 0.15) is 5.71 Å². The van der Waals surface area contributed by atoms with Gasteiger partial charge in [-0.05, 0) is 25.5 Å². The minimum absolute atomic E-state index is 0.0445. The molecule has 20 heavy (non-hydrogen) atoms. The van der Waals surface area contributed by atoms with Gasteiger partial charge >= 0.3 is 0 Å². The molecular formula is C14H18N4O2. The first-order chi connectivity index (χ1) is 9.58. The van der Waals surface area contributed by atoms with Crippen molar-refractivity contribution in [2.75, 3.05) is 0 Å². The molecule has 0 fully saturated rings. The summed E-state index contributed by atoms with van der Waals surface area (Å²) in [5.74, 6) is -0.284. The summed E-state index contributed by atoms with van der Waals surface area (Å²) in [4.78, 5) is 29.3. The Morgan fingerprint density at radius 2 is 2.25 bits per heavy atom. The number of hydrazone groups is 1. The van der Waals surface area contributed by atoms with Crippen LogP contribution in [0.15, 0.2) is 29.6 Å². The summed E-state index contributed by atoms with van der Waals surface area (Å²) in [7, 11) is 0. The topological polar surface area (TPSA) is 74.7 Å².